The van der Waals surface area contributed by atoms with Gasteiger partial charge < -0.3 is 10.1 Å². The van der Waals surface area contributed by atoms with Gasteiger partial charge in [-0.05, 0) is 42.7 Å². The average molecular weight is 378 g/mol. The maximum atomic E-state index is 12.3. The van der Waals surface area contributed by atoms with Crippen LogP contribution < -0.4 is 10.1 Å². The van der Waals surface area contributed by atoms with Crippen molar-refractivity contribution in [3.63, 3.8) is 0 Å². The summed E-state index contributed by atoms with van der Waals surface area (Å²) in [5.41, 5.74) is 2.23. The highest BCUT2D eigenvalue weighted by Crippen LogP contribution is 2.19. The summed E-state index contributed by atoms with van der Waals surface area (Å²) in [5.74, 6) is 2.43. The zero-order valence-corrected chi connectivity index (χ0v) is 16.2. The fourth-order valence-corrected chi connectivity index (χ4v) is 3.36. The quantitative estimate of drug-likeness (QED) is 0.634. The number of benzene rings is 2. The summed E-state index contributed by atoms with van der Waals surface area (Å²) >= 11 is 7.74. The number of nitrogens with one attached hydrogen (secondary N) is 1. The lowest BCUT2D eigenvalue weighted by Crippen LogP contribution is -2.39. The Kier molecular flexibility index (Phi) is 8.16. The van der Waals surface area contributed by atoms with Crippen LogP contribution in [0.3, 0.4) is 0 Å². The Labute approximate surface area is 159 Å². The third-order valence-corrected chi connectivity index (χ3v) is 4.99. The number of carbonyl (C=O) groups is 1. The molecule has 0 saturated heterocycles. The molecule has 25 heavy (non-hydrogen) atoms. The fraction of sp³-hybridized carbons (Fsp3) is 0.350. The van der Waals surface area contributed by atoms with Crippen LogP contribution in [0.5, 0.6) is 5.75 Å². The number of hydrogen-bond donors (Lipinski definition) is 1. The Morgan fingerprint density at radius 3 is 2.76 bits per heavy atom. The van der Waals surface area contributed by atoms with E-state index in [1.54, 1.807) is 11.8 Å². The van der Waals surface area contributed by atoms with Crippen molar-refractivity contribution < 1.29 is 9.53 Å². The van der Waals surface area contributed by atoms with Crippen molar-refractivity contribution in [3.05, 3.63) is 64.7 Å². The van der Waals surface area contributed by atoms with Crippen LogP contribution in [0.1, 0.15) is 24.5 Å². The van der Waals surface area contributed by atoms with E-state index in [0.717, 1.165) is 27.8 Å². The molecule has 0 saturated carbocycles. The number of para-hydroxylation sites is 1. The van der Waals surface area contributed by atoms with E-state index in [0.29, 0.717) is 13.0 Å². The number of rotatable bonds is 9. The van der Waals surface area contributed by atoms with Crippen LogP contribution in [0.25, 0.3) is 0 Å². The summed E-state index contributed by atoms with van der Waals surface area (Å²) in [7, 11) is 0. The number of thioether (sulfide) groups is 1. The lowest BCUT2D eigenvalue weighted by Gasteiger charge is -2.18. The SMILES string of the molecule is CC[C@@H](Oc1ccccc1C)C(=O)NCCSCc1cccc(Cl)c1. The predicted molar refractivity (Wildman–Crippen MR) is 107 cm³/mol. The van der Waals surface area contributed by atoms with E-state index in [4.69, 9.17) is 16.3 Å². The zero-order chi connectivity index (χ0) is 18.1. The van der Waals surface area contributed by atoms with Gasteiger partial charge in [-0.25, -0.2) is 0 Å². The highest BCUT2D eigenvalue weighted by molar-refractivity contribution is 7.98. The van der Waals surface area contributed by atoms with Crippen molar-refractivity contribution in [1.29, 1.82) is 0 Å². The largest absolute Gasteiger partial charge is 0.480 e. The number of ether oxygens (including phenoxy) is 1. The minimum Gasteiger partial charge on any atom is -0.480 e. The Morgan fingerprint density at radius 2 is 2.04 bits per heavy atom. The molecular weight excluding hydrogens is 354 g/mol. The Morgan fingerprint density at radius 1 is 1.24 bits per heavy atom. The van der Waals surface area contributed by atoms with Crippen LogP contribution in [0, 0.1) is 6.92 Å². The monoisotopic (exact) mass is 377 g/mol. The minimum atomic E-state index is -0.459. The molecule has 0 aromatic heterocycles. The maximum absolute atomic E-state index is 12.3. The van der Waals surface area contributed by atoms with Crippen LogP contribution in [0.4, 0.5) is 0 Å². The number of aryl methyl sites for hydroxylation is 1. The van der Waals surface area contributed by atoms with Gasteiger partial charge in [0.2, 0.25) is 0 Å². The molecule has 0 unspecified atom stereocenters. The molecule has 134 valence electrons. The molecule has 0 spiro atoms. The van der Waals surface area contributed by atoms with Crippen molar-refractivity contribution >= 4 is 29.3 Å². The summed E-state index contributed by atoms with van der Waals surface area (Å²) in [5, 5.41) is 3.72. The Bertz CT molecular complexity index is 693. The van der Waals surface area contributed by atoms with Crippen molar-refractivity contribution in [1.82, 2.24) is 5.32 Å². The molecule has 1 atom stereocenters. The van der Waals surface area contributed by atoms with Crippen LogP contribution in [-0.4, -0.2) is 24.3 Å². The first-order chi connectivity index (χ1) is 12.1. The fourth-order valence-electron chi connectivity index (χ4n) is 2.34. The van der Waals surface area contributed by atoms with Gasteiger partial charge in [0.25, 0.3) is 5.91 Å². The lowest BCUT2D eigenvalue weighted by atomic mass is 10.2. The van der Waals surface area contributed by atoms with Gasteiger partial charge in [0.15, 0.2) is 6.10 Å². The second kappa shape index (κ2) is 10.4. The Hall–Kier alpha value is -1.65. The van der Waals surface area contributed by atoms with Gasteiger partial charge >= 0.3 is 0 Å². The van der Waals surface area contributed by atoms with Gasteiger partial charge in [-0.2, -0.15) is 11.8 Å². The van der Waals surface area contributed by atoms with Crippen molar-refractivity contribution in [2.24, 2.45) is 0 Å². The van der Waals surface area contributed by atoms with Crippen molar-refractivity contribution in [2.45, 2.75) is 32.1 Å². The van der Waals surface area contributed by atoms with Gasteiger partial charge in [0.05, 0.1) is 0 Å². The van der Waals surface area contributed by atoms with Gasteiger partial charge in [-0.1, -0.05) is 48.9 Å². The second-order valence-corrected chi connectivity index (χ2v) is 7.30. The summed E-state index contributed by atoms with van der Waals surface area (Å²) in [6.45, 7) is 4.56. The lowest BCUT2D eigenvalue weighted by molar-refractivity contribution is -0.128. The normalized spacial score (nSPS) is 11.8. The van der Waals surface area contributed by atoms with E-state index < -0.39 is 6.10 Å². The molecule has 2 aromatic rings. The number of halogens is 1. The van der Waals surface area contributed by atoms with E-state index >= 15 is 0 Å². The first-order valence-corrected chi connectivity index (χ1v) is 9.95. The highest BCUT2D eigenvalue weighted by atomic mass is 35.5. The molecule has 0 radical (unpaired) electrons. The highest BCUT2D eigenvalue weighted by Gasteiger charge is 2.18. The molecule has 0 aliphatic carbocycles. The molecule has 2 rings (SSSR count). The van der Waals surface area contributed by atoms with Crippen LogP contribution in [0.15, 0.2) is 48.5 Å². The summed E-state index contributed by atoms with van der Waals surface area (Å²) in [6, 6.07) is 15.6. The third kappa shape index (κ3) is 6.63. The molecule has 2 aromatic carbocycles. The van der Waals surface area contributed by atoms with Gasteiger partial charge in [0, 0.05) is 23.1 Å². The molecule has 5 heteroatoms. The maximum Gasteiger partial charge on any atom is 0.261 e. The first-order valence-electron chi connectivity index (χ1n) is 8.42. The van der Waals surface area contributed by atoms with E-state index in [1.807, 2.05) is 56.3 Å². The van der Waals surface area contributed by atoms with Crippen LogP contribution in [0.2, 0.25) is 5.02 Å². The van der Waals surface area contributed by atoms with Crippen molar-refractivity contribution in [2.75, 3.05) is 12.3 Å². The topological polar surface area (TPSA) is 38.3 Å². The van der Waals surface area contributed by atoms with Crippen LogP contribution in [-0.2, 0) is 10.5 Å². The van der Waals surface area contributed by atoms with E-state index in [-0.39, 0.29) is 5.91 Å². The average Bonchev–Trinajstić information content (AvgIpc) is 2.60. The van der Waals surface area contributed by atoms with E-state index in [9.17, 15) is 4.79 Å². The smallest absolute Gasteiger partial charge is 0.261 e. The van der Waals surface area contributed by atoms with Crippen molar-refractivity contribution in [3.8, 4) is 5.75 Å². The van der Waals surface area contributed by atoms with E-state index in [1.165, 1.54) is 5.56 Å². The van der Waals surface area contributed by atoms with Gasteiger partial charge in [-0.3, -0.25) is 4.79 Å². The summed E-state index contributed by atoms with van der Waals surface area (Å²) in [4.78, 5) is 12.3. The zero-order valence-electron chi connectivity index (χ0n) is 14.6. The molecular formula is C20H24ClNO2S. The molecule has 0 bridgehead atoms. The molecule has 0 aliphatic heterocycles. The molecule has 0 aliphatic rings. The number of amides is 1. The minimum absolute atomic E-state index is 0.0610. The standard InChI is InChI=1S/C20H24ClNO2S/c1-3-18(24-19-10-5-4-7-15(19)2)20(23)22-11-12-25-14-16-8-6-9-17(21)13-16/h4-10,13,18H,3,11-12,14H2,1-2H3,(H,22,23)/t18-/m1/s1. The van der Waals surface area contributed by atoms with E-state index in [2.05, 4.69) is 11.4 Å². The molecule has 3 nitrogen and oxygen atoms in total. The molecule has 0 heterocycles. The molecule has 1 amide bonds. The predicted octanol–water partition coefficient (Wildman–Crippen LogP) is 4.86. The van der Waals surface area contributed by atoms with Gasteiger partial charge in [0.1, 0.15) is 5.75 Å². The first kappa shape index (κ1) is 19.7. The Balaban J connectivity index is 1.72. The third-order valence-electron chi connectivity index (χ3n) is 3.73. The van der Waals surface area contributed by atoms with Crippen LogP contribution >= 0.6 is 23.4 Å². The number of carbonyl (C=O) groups excluding carboxylic acids is 1. The molecule has 0 fully saturated rings. The summed E-state index contributed by atoms with van der Waals surface area (Å²) < 4.78 is 5.86. The number of hydrogen-bond acceptors (Lipinski definition) is 3. The second-order valence-electron chi connectivity index (χ2n) is 5.75. The summed E-state index contributed by atoms with van der Waals surface area (Å²) in [6.07, 6.45) is 0.176. The van der Waals surface area contributed by atoms with Gasteiger partial charge in [-0.15, -0.1) is 0 Å². The molecule has 1 N–H and O–H groups in total.